The molecule has 6 nitrogen and oxygen atoms in total. The van der Waals surface area contributed by atoms with E-state index in [-0.39, 0.29) is 4.90 Å². The molecule has 1 aromatic heterocycles. The van der Waals surface area contributed by atoms with E-state index in [0.29, 0.717) is 26.1 Å². The van der Waals surface area contributed by atoms with Crippen LogP contribution in [-0.4, -0.2) is 54.6 Å². The van der Waals surface area contributed by atoms with Gasteiger partial charge >= 0.3 is 0 Å². The molecular weight excluding hydrogens is 302 g/mol. The Labute approximate surface area is 131 Å². The van der Waals surface area contributed by atoms with Crippen molar-refractivity contribution in [2.24, 2.45) is 0 Å². The van der Waals surface area contributed by atoms with Crippen molar-refractivity contribution < 1.29 is 13.5 Å². The van der Waals surface area contributed by atoms with Crippen LogP contribution in [-0.2, 0) is 10.0 Å². The summed E-state index contributed by atoms with van der Waals surface area (Å²) in [5, 5.41) is 10.0. The predicted molar refractivity (Wildman–Crippen MR) is 84.3 cm³/mol. The fourth-order valence-electron chi connectivity index (χ4n) is 3.11. The second-order valence-electron chi connectivity index (χ2n) is 6.49. The third-order valence-electron chi connectivity index (χ3n) is 4.45. The van der Waals surface area contributed by atoms with E-state index < -0.39 is 15.6 Å². The molecule has 3 heterocycles. The Morgan fingerprint density at radius 3 is 2.45 bits per heavy atom. The predicted octanol–water partition coefficient (Wildman–Crippen LogP) is 1.22. The molecule has 2 saturated heterocycles. The van der Waals surface area contributed by atoms with Crippen LogP contribution in [0.15, 0.2) is 23.2 Å². The quantitative estimate of drug-likeness (QED) is 0.904. The molecule has 22 heavy (non-hydrogen) atoms. The number of aromatic nitrogens is 1. The van der Waals surface area contributed by atoms with Crippen molar-refractivity contribution in [3.63, 3.8) is 0 Å². The monoisotopic (exact) mass is 325 g/mol. The van der Waals surface area contributed by atoms with Crippen LogP contribution in [0.2, 0.25) is 0 Å². The summed E-state index contributed by atoms with van der Waals surface area (Å²) >= 11 is 0. The summed E-state index contributed by atoms with van der Waals surface area (Å²) in [6, 6.07) is 3.36. The molecule has 0 spiro atoms. The molecule has 0 bridgehead atoms. The van der Waals surface area contributed by atoms with Gasteiger partial charge in [-0.3, -0.25) is 0 Å². The Kier molecular flexibility index (Phi) is 4.13. The molecule has 1 aromatic rings. The number of nitrogens with zero attached hydrogens (tertiary/aromatic N) is 3. The largest absolute Gasteiger partial charge is 0.388 e. The minimum absolute atomic E-state index is 0.254. The molecular formula is C15H23N3O3S. The van der Waals surface area contributed by atoms with Crippen molar-refractivity contribution in [3.05, 3.63) is 18.3 Å². The second-order valence-corrected chi connectivity index (χ2v) is 8.42. The van der Waals surface area contributed by atoms with E-state index in [1.54, 1.807) is 16.4 Å². The Balaban J connectivity index is 1.76. The number of rotatable bonds is 3. The maximum atomic E-state index is 12.6. The molecule has 3 rings (SSSR count). The number of hydrogen-bond donors (Lipinski definition) is 1. The number of piperidine rings is 1. The van der Waals surface area contributed by atoms with Crippen LogP contribution in [0.5, 0.6) is 0 Å². The van der Waals surface area contributed by atoms with Gasteiger partial charge in [-0.05, 0) is 38.3 Å². The molecule has 2 fully saturated rings. The van der Waals surface area contributed by atoms with Crippen molar-refractivity contribution in [1.29, 1.82) is 0 Å². The molecule has 1 unspecified atom stereocenters. The van der Waals surface area contributed by atoms with Crippen LogP contribution in [0.4, 0.5) is 5.82 Å². The highest BCUT2D eigenvalue weighted by molar-refractivity contribution is 7.89. The van der Waals surface area contributed by atoms with E-state index in [4.69, 9.17) is 0 Å². The third kappa shape index (κ3) is 3.11. The fourth-order valence-corrected chi connectivity index (χ4v) is 4.57. The standard InChI is InChI=1S/C15H23N3O3S/c1-15(19)7-10-17(12-15)14-6-5-13(11-16-14)22(20,21)18-8-3-2-4-9-18/h5-6,11,19H,2-4,7-10,12H2,1H3. The molecule has 2 aliphatic rings. The first-order chi connectivity index (χ1) is 10.4. The van der Waals surface area contributed by atoms with Gasteiger partial charge in [-0.2, -0.15) is 4.31 Å². The molecule has 0 saturated carbocycles. The van der Waals surface area contributed by atoms with Crippen LogP contribution in [0.3, 0.4) is 0 Å². The number of aliphatic hydroxyl groups is 1. The first-order valence-electron chi connectivity index (χ1n) is 7.82. The molecule has 1 atom stereocenters. The molecule has 1 N–H and O–H groups in total. The van der Waals surface area contributed by atoms with Gasteiger partial charge in [0.15, 0.2) is 0 Å². The summed E-state index contributed by atoms with van der Waals surface area (Å²) in [4.78, 5) is 6.53. The first-order valence-corrected chi connectivity index (χ1v) is 9.26. The zero-order valence-corrected chi connectivity index (χ0v) is 13.7. The van der Waals surface area contributed by atoms with Crippen molar-refractivity contribution in [2.75, 3.05) is 31.1 Å². The number of sulfonamides is 1. The van der Waals surface area contributed by atoms with Gasteiger partial charge in [0.25, 0.3) is 0 Å². The maximum absolute atomic E-state index is 12.6. The summed E-state index contributed by atoms with van der Waals surface area (Å²) in [6.07, 6.45) is 5.08. The van der Waals surface area contributed by atoms with Gasteiger partial charge in [-0.25, -0.2) is 13.4 Å². The van der Waals surface area contributed by atoms with E-state index >= 15 is 0 Å². The molecule has 122 valence electrons. The number of hydrogen-bond acceptors (Lipinski definition) is 5. The second kappa shape index (κ2) is 5.79. The molecule has 0 aliphatic carbocycles. The smallest absolute Gasteiger partial charge is 0.244 e. The van der Waals surface area contributed by atoms with Crippen LogP contribution in [0, 0.1) is 0 Å². The van der Waals surface area contributed by atoms with Gasteiger partial charge in [0.1, 0.15) is 10.7 Å². The maximum Gasteiger partial charge on any atom is 0.244 e. The lowest BCUT2D eigenvalue weighted by atomic mass is 10.1. The van der Waals surface area contributed by atoms with E-state index in [2.05, 4.69) is 4.98 Å². The summed E-state index contributed by atoms with van der Waals surface area (Å²) in [7, 11) is -3.42. The van der Waals surface area contributed by atoms with Gasteiger partial charge in [-0.1, -0.05) is 6.42 Å². The van der Waals surface area contributed by atoms with E-state index in [0.717, 1.165) is 31.6 Å². The van der Waals surface area contributed by atoms with Gasteiger partial charge < -0.3 is 10.0 Å². The highest BCUT2D eigenvalue weighted by atomic mass is 32.2. The summed E-state index contributed by atoms with van der Waals surface area (Å²) in [5.74, 6) is 0.718. The lowest BCUT2D eigenvalue weighted by molar-refractivity contribution is 0.0839. The Bertz CT molecular complexity index is 622. The minimum Gasteiger partial charge on any atom is -0.388 e. The molecule has 0 radical (unpaired) electrons. The van der Waals surface area contributed by atoms with Crippen LogP contribution < -0.4 is 4.90 Å². The normalized spacial score (nSPS) is 27.3. The van der Waals surface area contributed by atoms with Gasteiger partial charge in [0.2, 0.25) is 10.0 Å². The Morgan fingerprint density at radius 1 is 1.18 bits per heavy atom. The van der Waals surface area contributed by atoms with Gasteiger partial charge in [0.05, 0.1) is 5.60 Å². The molecule has 7 heteroatoms. The van der Waals surface area contributed by atoms with Crippen molar-refractivity contribution in [3.8, 4) is 0 Å². The average molecular weight is 325 g/mol. The summed E-state index contributed by atoms with van der Waals surface area (Å²) in [5.41, 5.74) is -0.694. The van der Waals surface area contributed by atoms with Crippen molar-refractivity contribution in [2.45, 2.75) is 43.1 Å². The molecule has 0 aromatic carbocycles. The zero-order chi connectivity index (χ0) is 15.8. The number of anilines is 1. The third-order valence-corrected chi connectivity index (χ3v) is 6.33. The van der Waals surface area contributed by atoms with Crippen molar-refractivity contribution in [1.82, 2.24) is 9.29 Å². The molecule has 2 aliphatic heterocycles. The van der Waals surface area contributed by atoms with Crippen LogP contribution >= 0.6 is 0 Å². The summed E-state index contributed by atoms with van der Waals surface area (Å²) < 4.78 is 26.7. The highest BCUT2D eigenvalue weighted by Gasteiger charge is 2.32. The first kappa shape index (κ1) is 15.7. The van der Waals surface area contributed by atoms with Crippen LogP contribution in [0.1, 0.15) is 32.6 Å². The topological polar surface area (TPSA) is 73.7 Å². The SMILES string of the molecule is CC1(O)CCN(c2ccc(S(=O)(=O)N3CCCCC3)cn2)C1. The Morgan fingerprint density at radius 2 is 1.91 bits per heavy atom. The van der Waals surface area contributed by atoms with E-state index in [1.807, 2.05) is 11.8 Å². The van der Waals surface area contributed by atoms with E-state index in [1.165, 1.54) is 6.20 Å². The minimum atomic E-state index is -3.42. The van der Waals surface area contributed by atoms with Gasteiger partial charge in [0, 0.05) is 32.4 Å². The fraction of sp³-hybridized carbons (Fsp3) is 0.667. The van der Waals surface area contributed by atoms with Crippen molar-refractivity contribution >= 4 is 15.8 Å². The Hall–Kier alpha value is -1.18. The van der Waals surface area contributed by atoms with Gasteiger partial charge in [-0.15, -0.1) is 0 Å². The average Bonchev–Trinajstić information content (AvgIpc) is 2.88. The number of β-amino-alcohol motifs (C(OH)–C–C–N with tert-alkyl or cyclic N) is 1. The molecule has 0 amide bonds. The van der Waals surface area contributed by atoms with Crippen LogP contribution in [0.25, 0.3) is 0 Å². The summed E-state index contributed by atoms with van der Waals surface area (Å²) in [6.45, 7) is 4.26. The lowest BCUT2D eigenvalue weighted by Gasteiger charge is -2.26. The van der Waals surface area contributed by atoms with E-state index in [9.17, 15) is 13.5 Å². The lowest BCUT2D eigenvalue weighted by Crippen LogP contribution is -2.35. The number of pyridine rings is 1. The zero-order valence-electron chi connectivity index (χ0n) is 12.9. The highest BCUT2D eigenvalue weighted by Crippen LogP contribution is 2.26.